The summed E-state index contributed by atoms with van der Waals surface area (Å²) in [4.78, 5) is 0.177. The molecule has 16 heavy (non-hydrogen) atoms. The van der Waals surface area contributed by atoms with E-state index < -0.39 is 10.0 Å². The van der Waals surface area contributed by atoms with E-state index in [9.17, 15) is 8.42 Å². The Morgan fingerprint density at radius 3 is 2.12 bits per heavy atom. The predicted molar refractivity (Wildman–Crippen MR) is 62.1 cm³/mol. The Kier molecular flexibility index (Phi) is 7.60. The Labute approximate surface area is 142 Å². The summed E-state index contributed by atoms with van der Waals surface area (Å²) in [6, 6.07) is 6.76. The van der Waals surface area contributed by atoms with E-state index in [1.54, 1.807) is 12.1 Å². The minimum absolute atomic E-state index is 0. The molecule has 0 aromatic heterocycles. The van der Waals surface area contributed by atoms with Crippen molar-refractivity contribution in [1.82, 2.24) is 0 Å². The Bertz CT molecular complexity index is 418. The van der Waals surface area contributed by atoms with E-state index >= 15 is 0 Å². The summed E-state index contributed by atoms with van der Waals surface area (Å²) < 4.78 is 22.0. The number of benzene rings is 1. The van der Waals surface area contributed by atoms with Gasteiger partial charge in [-0.05, 0) is 36.5 Å². The van der Waals surface area contributed by atoms with Gasteiger partial charge in [0.25, 0.3) is 0 Å². The Morgan fingerprint density at radius 1 is 1.25 bits per heavy atom. The van der Waals surface area contributed by atoms with Gasteiger partial charge < -0.3 is 1.43 Å². The number of sulfonamides is 1. The predicted octanol–water partition coefficient (Wildman–Crippen LogP) is -0.961. The molecule has 1 aromatic carbocycles. The number of aryl methyl sites for hydroxylation is 1. The van der Waals surface area contributed by atoms with Crippen LogP contribution in [0.1, 0.15) is 27.3 Å². The summed E-state index contributed by atoms with van der Waals surface area (Å²) >= 11 is 0. The summed E-state index contributed by atoms with van der Waals surface area (Å²) in [5.41, 5.74) is 1.15. The van der Waals surface area contributed by atoms with Gasteiger partial charge in [-0.15, -0.1) is 0 Å². The van der Waals surface area contributed by atoms with Crippen LogP contribution < -0.4 is 56.5 Å². The van der Waals surface area contributed by atoms with Gasteiger partial charge in [0.05, 0.1) is 4.90 Å². The largest absolute Gasteiger partial charge is 1.00 e. The minimum Gasteiger partial charge on any atom is -1.00 e. The van der Waals surface area contributed by atoms with Crippen LogP contribution >= 0.6 is 0 Å². The molecule has 86 valence electrons. The summed E-state index contributed by atoms with van der Waals surface area (Å²) in [6.45, 7) is 4.33. The van der Waals surface area contributed by atoms with Crippen molar-refractivity contribution in [2.45, 2.75) is 31.6 Å². The van der Waals surface area contributed by atoms with Crippen LogP contribution in [0.4, 0.5) is 0 Å². The molecular weight excluding hydrogens is 249 g/mol. The molecule has 0 saturated carbocycles. The molecule has 0 radical (unpaired) electrons. The van der Waals surface area contributed by atoms with Crippen molar-refractivity contribution in [3.8, 4) is 0 Å². The second kappa shape index (κ2) is 7.26. The molecule has 3 nitrogen and oxygen atoms in total. The molecule has 0 heterocycles. The van der Waals surface area contributed by atoms with E-state index in [4.69, 9.17) is 5.14 Å². The van der Waals surface area contributed by atoms with E-state index in [1.807, 2.05) is 12.1 Å². The zero-order valence-electron chi connectivity index (χ0n) is 11.1. The van der Waals surface area contributed by atoms with Gasteiger partial charge in [0, 0.05) is 0 Å². The fourth-order valence-electron chi connectivity index (χ4n) is 1.30. The van der Waals surface area contributed by atoms with Crippen LogP contribution in [-0.4, -0.2) is 8.42 Å². The first-order valence-corrected chi connectivity index (χ1v) is 6.56. The average molecular weight is 267 g/mol. The van der Waals surface area contributed by atoms with Gasteiger partial charge in [0.1, 0.15) is 0 Å². The standard InChI is InChI=1S/C11H17NO2S.K.H/c1-9(2)3-4-10-5-7-11(8-6-10)15(12,13)14;;/h5-9H,3-4H2,1-2H3,(H2,12,13,14);;/q;+1;-1. The Morgan fingerprint density at radius 2 is 1.75 bits per heavy atom. The maximum absolute atomic E-state index is 11.0. The maximum atomic E-state index is 11.0. The summed E-state index contributed by atoms with van der Waals surface area (Å²) in [7, 11) is -3.55. The number of nitrogens with two attached hydrogens (primary N) is 1. The van der Waals surface area contributed by atoms with E-state index in [2.05, 4.69) is 13.8 Å². The van der Waals surface area contributed by atoms with Gasteiger partial charge in [-0.3, -0.25) is 0 Å². The Balaban J connectivity index is 0. The molecule has 0 bridgehead atoms. The van der Waals surface area contributed by atoms with Gasteiger partial charge in [-0.2, -0.15) is 0 Å². The van der Waals surface area contributed by atoms with Crippen molar-refractivity contribution in [3.05, 3.63) is 29.8 Å². The summed E-state index contributed by atoms with van der Waals surface area (Å²) in [6.07, 6.45) is 2.08. The van der Waals surface area contributed by atoms with E-state index in [0.29, 0.717) is 5.92 Å². The smallest absolute Gasteiger partial charge is 1.00 e. The van der Waals surface area contributed by atoms with Gasteiger partial charge in [-0.1, -0.05) is 26.0 Å². The summed E-state index contributed by atoms with van der Waals surface area (Å²) in [5.74, 6) is 0.655. The molecular formula is C11H18KNO2S. The SMILES string of the molecule is CC(C)CCc1ccc(S(N)(=O)=O)cc1.[H-].[K+]. The molecule has 0 aliphatic heterocycles. The number of hydrogen-bond donors (Lipinski definition) is 1. The van der Waals surface area contributed by atoms with Crippen LogP contribution in [0, 0.1) is 5.92 Å². The molecule has 0 amide bonds. The third-order valence-electron chi connectivity index (χ3n) is 2.26. The average Bonchev–Trinajstić information content (AvgIpc) is 2.14. The van der Waals surface area contributed by atoms with Crippen molar-refractivity contribution < 1.29 is 61.2 Å². The van der Waals surface area contributed by atoms with Gasteiger partial charge >= 0.3 is 51.4 Å². The molecule has 0 atom stereocenters. The van der Waals surface area contributed by atoms with E-state index in [-0.39, 0.29) is 57.7 Å². The molecule has 0 aliphatic rings. The second-order valence-electron chi connectivity index (χ2n) is 4.12. The molecule has 0 saturated heterocycles. The van der Waals surface area contributed by atoms with Crippen LogP contribution in [-0.2, 0) is 16.4 Å². The second-order valence-corrected chi connectivity index (χ2v) is 5.68. The van der Waals surface area contributed by atoms with Crippen LogP contribution in [0.3, 0.4) is 0 Å². The quantitative estimate of drug-likeness (QED) is 0.714. The molecule has 1 aromatic rings. The van der Waals surface area contributed by atoms with Gasteiger partial charge in [0.2, 0.25) is 10.0 Å². The van der Waals surface area contributed by atoms with Gasteiger partial charge in [-0.25, -0.2) is 13.6 Å². The number of rotatable bonds is 4. The van der Waals surface area contributed by atoms with Crippen LogP contribution in [0.25, 0.3) is 0 Å². The fourth-order valence-corrected chi connectivity index (χ4v) is 1.82. The normalized spacial score (nSPS) is 11.2. The third kappa shape index (κ3) is 5.91. The molecule has 2 N–H and O–H groups in total. The minimum atomic E-state index is -3.55. The number of primary sulfonamides is 1. The molecule has 0 fully saturated rings. The molecule has 1 rings (SSSR count). The molecule has 0 unspecified atom stereocenters. The first-order chi connectivity index (χ1) is 6.89. The van der Waals surface area contributed by atoms with Crippen molar-refractivity contribution in [1.29, 1.82) is 0 Å². The Hall–Kier alpha value is 0.766. The van der Waals surface area contributed by atoms with Crippen LogP contribution in [0.5, 0.6) is 0 Å². The third-order valence-corrected chi connectivity index (χ3v) is 3.19. The van der Waals surface area contributed by atoms with Crippen molar-refractivity contribution >= 4 is 10.0 Å². The zero-order valence-corrected chi connectivity index (χ0v) is 14.0. The molecule has 0 aliphatic carbocycles. The monoisotopic (exact) mass is 267 g/mol. The van der Waals surface area contributed by atoms with Gasteiger partial charge in [0.15, 0.2) is 0 Å². The zero-order chi connectivity index (χ0) is 11.5. The molecule has 5 heteroatoms. The first-order valence-electron chi connectivity index (χ1n) is 5.01. The molecule has 0 spiro atoms. The maximum Gasteiger partial charge on any atom is 1.00 e. The van der Waals surface area contributed by atoms with Crippen LogP contribution in [0.15, 0.2) is 29.2 Å². The van der Waals surface area contributed by atoms with Crippen molar-refractivity contribution in [2.75, 3.05) is 0 Å². The summed E-state index contributed by atoms with van der Waals surface area (Å²) in [5, 5.41) is 5.00. The van der Waals surface area contributed by atoms with Crippen molar-refractivity contribution in [3.63, 3.8) is 0 Å². The van der Waals surface area contributed by atoms with E-state index in [1.165, 1.54) is 0 Å². The van der Waals surface area contributed by atoms with Crippen LogP contribution in [0.2, 0.25) is 0 Å². The van der Waals surface area contributed by atoms with Crippen molar-refractivity contribution in [2.24, 2.45) is 11.1 Å². The first kappa shape index (κ1) is 16.8. The topological polar surface area (TPSA) is 60.2 Å². The van der Waals surface area contributed by atoms with E-state index in [0.717, 1.165) is 18.4 Å². The fraction of sp³-hybridized carbons (Fsp3) is 0.455. The number of hydrogen-bond acceptors (Lipinski definition) is 2.